The Morgan fingerprint density at radius 2 is 2.18 bits per heavy atom. The maximum absolute atomic E-state index is 10.7. The summed E-state index contributed by atoms with van der Waals surface area (Å²) in [6.45, 7) is 7.53. The van der Waals surface area contributed by atoms with Crippen molar-refractivity contribution in [2.45, 2.75) is 39.3 Å². The summed E-state index contributed by atoms with van der Waals surface area (Å²) in [6, 6.07) is 0. The van der Waals surface area contributed by atoms with E-state index in [1.807, 2.05) is 17.8 Å². The maximum atomic E-state index is 10.7. The van der Waals surface area contributed by atoms with Crippen LogP contribution in [0.25, 0.3) is 0 Å². The first-order chi connectivity index (χ1) is 7.80. The molecule has 1 rings (SSSR count). The summed E-state index contributed by atoms with van der Waals surface area (Å²) in [5.74, 6) is -0.760. The first-order valence-electron chi connectivity index (χ1n) is 5.72. The summed E-state index contributed by atoms with van der Waals surface area (Å²) in [5.41, 5.74) is 1.03. The second kappa shape index (κ2) is 5.31. The van der Waals surface area contributed by atoms with Gasteiger partial charge in [0.2, 0.25) is 0 Å². The molecule has 0 fully saturated rings. The molecular formula is C12H21N3O2. The molecule has 0 saturated carbocycles. The van der Waals surface area contributed by atoms with E-state index in [1.165, 1.54) is 0 Å². The van der Waals surface area contributed by atoms with Crippen LogP contribution in [0, 0.1) is 0 Å². The van der Waals surface area contributed by atoms with Crippen LogP contribution >= 0.6 is 0 Å². The third kappa shape index (κ3) is 4.19. The summed E-state index contributed by atoms with van der Waals surface area (Å²) >= 11 is 0. The second-order valence-electron chi connectivity index (χ2n) is 5.23. The zero-order valence-corrected chi connectivity index (χ0v) is 11.0. The van der Waals surface area contributed by atoms with Crippen LogP contribution in [0.1, 0.15) is 32.9 Å². The van der Waals surface area contributed by atoms with Crippen LogP contribution in [0.15, 0.2) is 12.5 Å². The Balaban J connectivity index is 2.71. The normalized spacial score (nSPS) is 12.1. The van der Waals surface area contributed by atoms with Gasteiger partial charge in [-0.2, -0.15) is 0 Å². The molecular weight excluding hydrogens is 218 g/mol. The molecule has 0 atom stereocenters. The zero-order chi connectivity index (χ0) is 13.1. The topological polar surface area (TPSA) is 58.4 Å². The molecule has 1 N–H and O–H groups in total. The van der Waals surface area contributed by atoms with Gasteiger partial charge in [-0.15, -0.1) is 0 Å². The molecule has 0 amide bonds. The van der Waals surface area contributed by atoms with Crippen molar-refractivity contribution in [1.82, 2.24) is 14.5 Å². The van der Waals surface area contributed by atoms with E-state index in [0.717, 1.165) is 5.69 Å². The van der Waals surface area contributed by atoms with Crippen molar-refractivity contribution in [1.29, 1.82) is 0 Å². The van der Waals surface area contributed by atoms with Gasteiger partial charge < -0.3 is 9.67 Å². The summed E-state index contributed by atoms with van der Waals surface area (Å²) < 4.78 is 1.96. The van der Waals surface area contributed by atoms with Gasteiger partial charge in [0, 0.05) is 31.9 Å². The third-order valence-corrected chi connectivity index (χ3v) is 2.81. The highest BCUT2D eigenvalue weighted by Crippen LogP contribution is 2.17. The van der Waals surface area contributed by atoms with E-state index in [4.69, 9.17) is 5.11 Å². The van der Waals surface area contributed by atoms with Crippen LogP contribution < -0.4 is 0 Å². The summed E-state index contributed by atoms with van der Waals surface area (Å²) in [5, 5.41) is 8.76. The highest BCUT2D eigenvalue weighted by Gasteiger charge is 2.22. The number of carboxylic acids is 1. The van der Waals surface area contributed by atoms with Gasteiger partial charge in [0.1, 0.15) is 0 Å². The molecule has 17 heavy (non-hydrogen) atoms. The van der Waals surface area contributed by atoms with Gasteiger partial charge in [0.05, 0.1) is 18.4 Å². The number of aryl methyl sites for hydroxylation is 1. The Kier molecular flexibility index (Phi) is 4.28. The van der Waals surface area contributed by atoms with Crippen LogP contribution in [0.5, 0.6) is 0 Å². The Morgan fingerprint density at radius 3 is 2.59 bits per heavy atom. The van der Waals surface area contributed by atoms with Gasteiger partial charge in [-0.3, -0.25) is 9.69 Å². The van der Waals surface area contributed by atoms with Gasteiger partial charge in [-0.25, -0.2) is 4.98 Å². The fraction of sp³-hybridized carbons (Fsp3) is 0.667. The van der Waals surface area contributed by atoms with E-state index >= 15 is 0 Å². The van der Waals surface area contributed by atoms with Crippen LogP contribution in [-0.4, -0.2) is 37.6 Å². The second-order valence-corrected chi connectivity index (χ2v) is 5.23. The molecule has 96 valence electrons. The lowest BCUT2D eigenvalue weighted by molar-refractivity contribution is -0.137. The predicted octanol–water partition coefficient (Wildman–Crippen LogP) is 1.50. The Labute approximate surface area is 102 Å². The van der Waals surface area contributed by atoms with E-state index in [2.05, 4.69) is 30.7 Å². The number of rotatable bonds is 5. The zero-order valence-electron chi connectivity index (χ0n) is 11.0. The first-order valence-corrected chi connectivity index (χ1v) is 5.72. The quantitative estimate of drug-likeness (QED) is 0.846. The van der Waals surface area contributed by atoms with Crippen molar-refractivity contribution in [2.24, 2.45) is 7.05 Å². The monoisotopic (exact) mass is 239 g/mol. The minimum Gasteiger partial charge on any atom is -0.481 e. The number of nitrogens with zero attached hydrogens (tertiary/aromatic N) is 3. The number of carbonyl (C=O) groups is 1. The largest absolute Gasteiger partial charge is 0.481 e. The summed E-state index contributed by atoms with van der Waals surface area (Å²) in [6.07, 6.45) is 3.74. The number of imidazole rings is 1. The molecule has 0 aliphatic rings. The SMILES string of the molecule is Cn1cncc1CN(CCC(=O)O)C(C)(C)C. The highest BCUT2D eigenvalue weighted by atomic mass is 16.4. The van der Waals surface area contributed by atoms with E-state index in [-0.39, 0.29) is 12.0 Å². The molecule has 5 heteroatoms. The average Bonchev–Trinajstić information content (AvgIpc) is 2.56. The van der Waals surface area contributed by atoms with Crippen LogP contribution in [0.2, 0.25) is 0 Å². The van der Waals surface area contributed by atoms with Crippen molar-refractivity contribution >= 4 is 5.97 Å². The van der Waals surface area contributed by atoms with Gasteiger partial charge >= 0.3 is 5.97 Å². The molecule has 0 aliphatic heterocycles. The minimum absolute atomic E-state index is 0.0558. The van der Waals surface area contributed by atoms with Crippen molar-refractivity contribution in [3.8, 4) is 0 Å². The van der Waals surface area contributed by atoms with Crippen LogP contribution in [-0.2, 0) is 18.4 Å². The van der Waals surface area contributed by atoms with Gasteiger partial charge in [0.15, 0.2) is 0 Å². The van der Waals surface area contributed by atoms with E-state index in [9.17, 15) is 4.79 Å². The maximum Gasteiger partial charge on any atom is 0.304 e. The molecule has 0 saturated heterocycles. The number of hydrogen-bond acceptors (Lipinski definition) is 3. The van der Waals surface area contributed by atoms with Gasteiger partial charge in [-0.1, -0.05) is 0 Å². The molecule has 0 spiro atoms. The third-order valence-electron chi connectivity index (χ3n) is 2.81. The lowest BCUT2D eigenvalue weighted by atomic mass is 10.1. The number of carboxylic acid groups (broad SMARTS) is 1. The smallest absolute Gasteiger partial charge is 0.304 e. The highest BCUT2D eigenvalue weighted by molar-refractivity contribution is 5.66. The Morgan fingerprint density at radius 1 is 1.53 bits per heavy atom. The average molecular weight is 239 g/mol. The van der Waals surface area contributed by atoms with E-state index in [1.54, 1.807) is 6.33 Å². The molecule has 1 aromatic rings. The molecule has 0 bridgehead atoms. The first kappa shape index (κ1) is 13.7. The fourth-order valence-corrected chi connectivity index (χ4v) is 1.61. The van der Waals surface area contributed by atoms with Crippen molar-refractivity contribution in [3.63, 3.8) is 0 Å². The summed E-state index contributed by atoms with van der Waals surface area (Å²) in [4.78, 5) is 16.9. The Bertz CT molecular complexity index is 379. The van der Waals surface area contributed by atoms with Gasteiger partial charge in [-0.05, 0) is 20.8 Å². The van der Waals surface area contributed by atoms with Crippen molar-refractivity contribution in [2.75, 3.05) is 6.54 Å². The molecule has 0 unspecified atom stereocenters. The number of aromatic nitrogens is 2. The minimum atomic E-state index is -0.760. The molecule has 1 heterocycles. The number of aliphatic carboxylic acids is 1. The van der Waals surface area contributed by atoms with Crippen LogP contribution in [0.3, 0.4) is 0 Å². The standard InChI is InChI=1S/C12H21N3O2/c1-12(2,3)15(6-5-11(16)17)8-10-7-13-9-14(10)4/h7,9H,5-6,8H2,1-4H3,(H,16,17). The van der Waals surface area contributed by atoms with E-state index < -0.39 is 5.97 Å². The van der Waals surface area contributed by atoms with Crippen molar-refractivity contribution < 1.29 is 9.90 Å². The number of hydrogen-bond donors (Lipinski definition) is 1. The predicted molar refractivity (Wildman–Crippen MR) is 65.6 cm³/mol. The van der Waals surface area contributed by atoms with E-state index in [0.29, 0.717) is 13.1 Å². The molecule has 0 aliphatic carbocycles. The molecule has 0 radical (unpaired) electrons. The van der Waals surface area contributed by atoms with Crippen LogP contribution in [0.4, 0.5) is 0 Å². The lowest BCUT2D eigenvalue weighted by Gasteiger charge is -2.35. The van der Waals surface area contributed by atoms with Gasteiger partial charge in [0.25, 0.3) is 0 Å². The Hall–Kier alpha value is -1.36. The van der Waals surface area contributed by atoms with Crippen molar-refractivity contribution in [3.05, 3.63) is 18.2 Å². The molecule has 0 aromatic carbocycles. The fourth-order valence-electron chi connectivity index (χ4n) is 1.61. The summed E-state index contributed by atoms with van der Waals surface area (Å²) in [7, 11) is 1.94. The lowest BCUT2D eigenvalue weighted by Crippen LogP contribution is -2.42. The molecule has 5 nitrogen and oxygen atoms in total. The molecule has 1 aromatic heterocycles.